The Morgan fingerprint density at radius 1 is 1.21 bits per heavy atom. The van der Waals surface area contributed by atoms with Crippen LogP contribution in [0.25, 0.3) is 0 Å². The Morgan fingerprint density at radius 3 is 2.53 bits per heavy atom. The quantitative estimate of drug-likeness (QED) is 0.790. The molecule has 1 heterocycles. The van der Waals surface area contributed by atoms with Crippen LogP contribution in [-0.4, -0.2) is 46.9 Å². The van der Waals surface area contributed by atoms with Crippen LogP contribution in [0.15, 0.2) is 24.3 Å². The highest BCUT2D eigenvalue weighted by atomic mass is 32.2. The molecule has 19 heavy (non-hydrogen) atoms. The van der Waals surface area contributed by atoms with Crippen LogP contribution in [0.5, 0.6) is 5.75 Å². The lowest BCUT2D eigenvalue weighted by Crippen LogP contribution is -2.38. The van der Waals surface area contributed by atoms with Gasteiger partial charge in [-0.05, 0) is 24.1 Å². The molecule has 0 atom stereocenters. The van der Waals surface area contributed by atoms with Crippen molar-refractivity contribution in [1.29, 1.82) is 0 Å². The maximum absolute atomic E-state index is 11.2. The van der Waals surface area contributed by atoms with Crippen molar-refractivity contribution in [2.24, 2.45) is 5.73 Å². The molecular formula is C14H22N2O2S. The Morgan fingerprint density at radius 2 is 1.89 bits per heavy atom. The normalized spacial score (nSPS) is 17.5. The molecule has 0 spiro atoms. The molecule has 1 aromatic carbocycles. The van der Waals surface area contributed by atoms with Crippen LogP contribution >= 0.6 is 0 Å². The van der Waals surface area contributed by atoms with Crippen LogP contribution in [0, 0.1) is 0 Å². The van der Waals surface area contributed by atoms with Gasteiger partial charge in [-0.15, -0.1) is 0 Å². The monoisotopic (exact) mass is 282 g/mol. The van der Waals surface area contributed by atoms with Crippen molar-refractivity contribution in [3.05, 3.63) is 29.8 Å². The summed E-state index contributed by atoms with van der Waals surface area (Å²) in [5.74, 6) is 2.54. The number of nitrogens with zero attached hydrogens (tertiary/aromatic N) is 1. The summed E-state index contributed by atoms with van der Waals surface area (Å²) in [4.78, 5) is 2.36. The molecule has 0 radical (unpaired) electrons. The molecule has 106 valence electrons. The first-order chi connectivity index (χ1) is 9.28. The van der Waals surface area contributed by atoms with Gasteiger partial charge in [-0.1, -0.05) is 12.1 Å². The molecule has 0 amide bonds. The average molecular weight is 282 g/mol. The van der Waals surface area contributed by atoms with Crippen molar-refractivity contribution in [2.45, 2.75) is 13.0 Å². The fraction of sp³-hybridized carbons (Fsp3) is 0.571. The van der Waals surface area contributed by atoms with Gasteiger partial charge in [-0.3, -0.25) is 4.21 Å². The highest BCUT2D eigenvalue weighted by molar-refractivity contribution is 7.85. The maximum Gasteiger partial charge on any atom is 0.119 e. The molecule has 2 rings (SSSR count). The highest BCUT2D eigenvalue weighted by Crippen LogP contribution is 2.12. The number of nitrogens with two attached hydrogens (primary N) is 1. The van der Waals surface area contributed by atoms with Gasteiger partial charge in [0.25, 0.3) is 0 Å². The van der Waals surface area contributed by atoms with Crippen molar-refractivity contribution in [1.82, 2.24) is 4.90 Å². The zero-order valence-electron chi connectivity index (χ0n) is 11.2. The molecule has 1 aromatic rings. The second-order valence-corrected chi connectivity index (χ2v) is 6.44. The molecule has 1 fully saturated rings. The van der Waals surface area contributed by atoms with Gasteiger partial charge in [0, 0.05) is 48.5 Å². The molecule has 0 unspecified atom stereocenters. The van der Waals surface area contributed by atoms with Crippen LogP contribution in [-0.2, 0) is 17.3 Å². The van der Waals surface area contributed by atoms with E-state index in [1.165, 1.54) is 0 Å². The molecular weight excluding hydrogens is 260 g/mol. The van der Waals surface area contributed by atoms with E-state index in [1.807, 2.05) is 24.3 Å². The summed E-state index contributed by atoms with van der Waals surface area (Å²) in [5, 5.41) is 0. The Labute approximate surface area is 117 Å². The molecule has 0 aromatic heterocycles. The lowest BCUT2D eigenvalue weighted by Gasteiger charge is -2.25. The van der Waals surface area contributed by atoms with Gasteiger partial charge in [0.2, 0.25) is 0 Å². The second-order valence-electron chi connectivity index (χ2n) is 4.74. The van der Waals surface area contributed by atoms with Gasteiger partial charge in [0.05, 0.1) is 6.61 Å². The second kappa shape index (κ2) is 7.62. The summed E-state index contributed by atoms with van der Waals surface area (Å²) in [6.45, 7) is 4.23. The number of ether oxygens (including phenoxy) is 1. The summed E-state index contributed by atoms with van der Waals surface area (Å²) < 4.78 is 16.9. The smallest absolute Gasteiger partial charge is 0.119 e. The Bertz CT molecular complexity index is 398. The van der Waals surface area contributed by atoms with Crippen molar-refractivity contribution >= 4 is 10.8 Å². The Hall–Kier alpha value is -0.910. The van der Waals surface area contributed by atoms with E-state index in [2.05, 4.69) is 4.90 Å². The molecule has 2 N–H and O–H groups in total. The van der Waals surface area contributed by atoms with Gasteiger partial charge < -0.3 is 15.4 Å². The van der Waals surface area contributed by atoms with E-state index in [0.717, 1.165) is 55.5 Å². The van der Waals surface area contributed by atoms with Crippen molar-refractivity contribution < 1.29 is 8.95 Å². The topological polar surface area (TPSA) is 55.6 Å². The average Bonchev–Trinajstić information content (AvgIpc) is 2.46. The number of hydrogen-bond acceptors (Lipinski definition) is 4. The SMILES string of the molecule is NCc1ccc(OCCCN2CCS(=O)CC2)cc1. The summed E-state index contributed by atoms with van der Waals surface area (Å²) in [6, 6.07) is 7.92. The predicted octanol–water partition coefficient (Wildman–Crippen LogP) is 0.978. The molecule has 1 aliphatic heterocycles. The van der Waals surface area contributed by atoms with Gasteiger partial charge in [-0.2, -0.15) is 0 Å². The van der Waals surface area contributed by atoms with E-state index in [9.17, 15) is 4.21 Å². The first kappa shape index (κ1) is 14.5. The lowest BCUT2D eigenvalue weighted by molar-refractivity contribution is 0.247. The summed E-state index contributed by atoms with van der Waals surface area (Å²) in [7, 11) is -0.584. The third-order valence-corrected chi connectivity index (χ3v) is 4.59. The van der Waals surface area contributed by atoms with Gasteiger partial charge in [-0.25, -0.2) is 0 Å². The highest BCUT2D eigenvalue weighted by Gasteiger charge is 2.14. The van der Waals surface area contributed by atoms with Crippen molar-refractivity contribution in [3.63, 3.8) is 0 Å². The molecule has 1 aliphatic rings. The Balaban J connectivity index is 1.62. The largest absolute Gasteiger partial charge is 0.494 e. The number of hydrogen-bond donors (Lipinski definition) is 1. The predicted molar refractivity (Wildman–Crippen MR) is 78.8 cm³/mol. The van der Waals surface area contributed by atoms with Crippen molar-refractivity contribution in [3.8, 4) is 5.75 Å². The lowest BCUT2D eigenvalue weighted by atomic mass is 10.2. The summed E-state index contributed by atoms with van der Waals surface area (Å²) >= 11 is 0. The van der Waals surface area contributed by atoms with Crippen LogP contribution in [0.4, 0.5) is 0 Å². The summed E-state index contributed by atoms with van der Waals surface area (Å²) in [6.07, 6.45) is 1.01. The van der Waals surface area contributed by atoms with E-state index in [0.29, 0.717) is 6.54 Å². The van der Waals surface area contributed by atoms with Gasteiger partial charge in [0.1, 0.15) is 5.75 Å². The van der Waals surface area contributed by atoms with E-state index in [-0.39, 0.29) is 0 Å². The zero-order valence-corrected chi connectivity index (χ0v) is 12.0. The first-order valence-corrected chi connectivity index (χ1v) is 8.26. The minimum atomic E-state index is -0.584. The van der Waals surface area contributed by atoms with Crippen LogP contribution in [0.1, 0.15) is 12.0 Å². The molecule has 4 nitrogen and oxygen atoms in total. The number of benzene rings is 1. The fourth-order valence-corrected chi connectivity index (χ4v) is 3.23. The maximum atomic E-state index is 11.2. The third-order valence-electron chi connectivity index (χ3n) is 3.32. The molecule has 5 heteroatoms. The van der Waals surface area contributed by atoms with Crippen LogP contribution in [0.3, 0.4) is 0 Å². The first-order valence-electron chi connectivity index (χ1n) is 6.77. The van der Waals surface area contributed by atoms with E-state index < -0.39 is 10.8 Å². The molecule has 0 bridgehead atoms. The Kier molecular flexibility index (Phi) is 5.82. The minimum absolute atomic E-state index is 0.566. The number of rotatable bonds is 6. The molecule has 0 saturated carbocycles. The van der Waals surface area contributed by atoms with E-state index in [4.69, 9.17) is 10.5 Å². The zero-order chi connectivity index (χ0) is 13.5. The van der Waals surface area contributed by atoms with E-state index in [1.54, 1.807) is 0 Å². The minimum Gasteiger partial charge on any atom is -0.494 e. The van der Waals surface area contributed by atoms with Crippen LogP contribution in [0.2, 0.25) is 0 Å². The molecule has 0 aliphatic carbocycles. The van der Waals surface area contributed by atoms with Crippen molar-refractivity contribution in [2.75, 3.05) is 37.7 Å². The van der Waals surface area contributed by atoms with E-state index >= 15 is 0 Å². The summed E-state index contributed by atoms with van der Waals surface area (Å²) in [5.41, 5.74) is 6.67. The molecule has 1 saturated heterocycles. The standard InChI is InChI=1S/C14H22N2O2S/c15-12-13-2-4-14(5-3-13)18-9-1-6-16-7-10-19(17)11-8-16/h2-5H,1,6-12,15H2. The van der Waals surface area contributed by atoms with Gasteiger partial charge >= 0.3 is 0 Å². The van der Waals surface area contributed by atoms with Crippen LogP contribution < -0.4 is 10.5 Å². The van der Waals surface area contributed by atoms with Gasteiger partial charge in [0.15, 0.2) is 0 Å². The third kappa shape index (κ3) is 4.93. The fourth-order valence-electron chi connectivity index (χ4n) is 2.10.